The van der Waals surface area contributed by atoms with Crippen LogP contribution in [0.3, 0.4) is 0 Å². The van der Waals surface area contributed by atoms with Crippen molar-refractivity contribution >= 4 is 29.1 Å². The summed E-state index contributed by atoms with van der Waals surface area (Å²) in [5.41, 5.74) is 1.000. The summed E-state index contributed by atoms with van der Waals surface area (Å²) >= 11 is 12.1. The molecular formula is C17H18Cl2N2O3. The molecule has 1 aromatic heterocycles. The van der Waals surface area contributed by atoms with E-state index in [1.54, 1.807) is 19.2 Å². The van der Waals surface area contributed by atoms with Gasteiger partial charge in [-0.3, -0.25) is 9.69 Å². The molecule has 1 aromatic carbocycles. The van der Waals surface area contributed by atoms with E-state index in [1.807, 2.05) is 18.2 Å². The molecule has 1 aliphatic heterocycles. The largest absolute Gasteiger partial charge is 0.455 e. The molecule has 1 fully saturated rings. The van der Waals surface area contributed by atoms with Crippen molar-refractivity contribution in [2.45, 2.75) is 12.6 Å². The molecule has 2 heterocycles. The molecule has 3 rings (SSSR count). The number of halogens is 2. The van der Waals surface area contributed by atoms with Crippen LogP contribution in [0.15, 0.2) is 34.7 Å². The number of ether oxygens (including phenoxy) is 1. The average molecular weight is 369 g/mol. The van der Waals surface area contributed by atoms with Crippen LogP contribution < -0.4 is 5.32 Å². The van der Waals surface area contributed by atoms with Crippen LogP contribution in [0.5, 0.6) is 0 Å². The summed E-state index contributed by atoms with van der Waals surface area (Å²) in [6.45, 7) is 2.76. The summed E-state index contributed by atoms with van der Waals surface area (Å²) in [7, 11) is 1.58. The van der Waals surface area contributed by atoms with Crippen LogP contribution in [-0.4, -0.2) is 37.6 Å². The van der Waals surface area contributed by atoms with Crippen molar-refractivity contribution in [3.8, 4) is 0 Å². The minimum absolute atomic E-state index is 0.0677. The van der Waals surface area contributed by atoms with Crippen LogP contribution in [0.25, 0.3) is 0 Å². The molecule has 0 saturated carbocycles. The monoisotopic (exact) mass is 368 g/mol. The van der Waals surface area contributed by atoms with Crippen molar-refractivity contribution in [2.24, 2.45) is 0 Å². The van der Waals surface area contributed by atoms with E-state index in [4.69, 9.17) is 32.4 Å². The van der Waals surface area contributed by atoms with Crippen LogP contribution in [0.1, 0.15) is 28.0 Å². The molecule has 5 nitrogen and oxygen atoms in total. The third-order valence-electron chi connectivity index (χ3n) is 3.96. The van der Waals surface area contributed by atoms with Crippen molar-refractivity contribution in [2.75, 3.05) is 26.7 Å². The standard InChI is InChI=1S/C17H18Cl2N2O3/c1-20-17(22)15-5-3-12(24-15)9-21-6-7-23-16(10-21)11-2-4-13(18)14(19)8-11/h2-5,8,16H,6-7,9-10H2,1H3,(H,20,22). The van der Waals surface area contributed by atoms with Crippen LogP contribution in [0.4, 0.5) is 0 Å². The molecule has 1 N–H and O–H groups in total. The van der Waals surface area contributed by atoms with Gasteiger partial charge in [0, 0.05) is 20.1 Å². The molecule has 0 bridgehead atoms. The van der Waals surface area contributed by atoms with E-state index in [2.05, 4.69) is 10.2 Å². The van der Waals surface area contributed by atoms with Gasteiger partial charge in [0.25, 0.3) is 5.91 Å². The van der Waals surface area contributed by atoms with Crippen molar-refractivity contribution in [3.63, 3.8) is 0 Å². The Morgan fingerprint density at radius 1 is 1.29 bits per heavy atom. The number of furan rings is 1. The van der Waals surface area contributed by atoms with E-state index in [9.17, 15) is 4.79 Å². The Kier molecular flexibility index (Phi) is 5.46. The lowest BCUT2D eigenvalue weighted by atomic mass is 10.1. The van der Waals surface area contributed by atoms with E-state index >= 15 is 0 Å². The molecule has 1 saturated heterocycles. The lowest BCUT2D eigenvalue weighted by Crippen LogP contribution is -2.37. The third-order valence-corrected chi connectivity index (χ3v) is 4.70. The second-order valence-corrected chi connectivity index (χ2v) is 6.43. The number of morpholine rings is 1. The zero-order chi connectivity index (χ0) is 17.1. The van der Waals surface area contributed by atoms with Crippen LogP contribution in [0.2, 0.25) is 10.0 Å². The molecule has 1 amide bonds. The van der Waals surface area contributed by atoms with E-state index in [-0.39, 0.29) is 12.0 Å². The summed E-state index contributed by atoms with van der Waals surface area (Å²) in [5, 5.41) is 3.60. The predicted molar refractivity (Wildman–Crippen MR) is 92.5 cm³/mol. The fourth-order valence-corrected chi connectivity index (χ4v) is 3.00. The number of nitrogens with one attached hydrogen (secondary N) is 1. The van der Waals surface area contributed by atoms with Gasteiger partial charge >= 0.3 is 0 Å². The Hall–Kier alpha value is -1.53. The van der Waals surface area contributed by atoms with Gasteiger partial charge in [-0.25, -0.2) is 0 Å². The molecule has 0 radical (unpaired) electrons. The summed E-state index contributed by atoms with van der Waals surface area (Å²) in [5.74, 6) is 0.849. The number of carbonyl (C=O) groups is 1. The smallest absolute Gasteiger partial charge is 0.286 e. The molecule has 1 unspecified atom stereocenters. The van der Waals surface area contributed by atoms with Gasteiger partial charge in [-0.2, -0.15) is 0 Å². The molecule has 2 aromatic rings. The van der Waals surface area contributed by atoms with Gasteiger partial charge < -0.3 is 14.5 Å². The first kappa shape index (κ1) is 17.3. The highest BCUT2D eigenvalue weighted by atomic mass is 35.5. The summed E-state index contributed by atoms with van der Waals surface area (Å²) in [6.07, 6.45) is -0.0677. The molecule has 0 spiro atoms. The molecule has 24 heavy (non-hydrogen) atoms. The summed E-state index contributed by atoms with van der Waals surface area (Å²) in [4.78, 5) is 13.8. The van der Waals surface area contributed by atoms with Gasteiger partial charge in [0.05, 0.1) is 29.3 Å². The van der Waals surface area contributed by atoms with E-state index in [1.165, 1.54) is 0 Å². The topological polar surface area (TPSA) is 54.7 Å². The highest BCUT2D eigenvalue weighted by Gasteiger charge is 2.23. The molecule has 7 heteroatoms. The van der Waals surface area contributed by atoms with Gasteiger partial charge in [-0.15, -0.1) is 0 Å². The lowest BCUT2D eigenvalue weighted by molar-refractivity contribution is -0.0347. The summed E-state index contributed by atoms with van der Waals surface area (Å²) < 4.78 is 11.4. The average Bonchev–Trinajstić information content (AvgIpc) is 3.05. The first-order chi connectivity index (χ1) is 11.6. The maximum Gasteiger partial charge on any atom is 0.286 e. The first-order valence-corrected chi connectivity index (χ1v) is 8.42. The maximum absolute atomic E-state index is 11.6. The van der Waals surface area contributed by atoms with Crippen molar-refractivity contribution in [1.82, 2.24) is 10.2 Å². The van der Waals surface area contributed by atoms with Crippen LogP contribution in [-0.2, 0) is 11.3 Å². The Morgan fingerprint density at radius 2 is 2.12 bits per heavy atom. The number of carbonyl (C=O) groups excluding carboxylic acids is 1. The van der Waals surface area contributed by atoms with Crippen LogP contribution >= 0.6 is 23.2 Å². The zero-order valence-corrected chi connectivity index (χ0v) is 14.7. The summed E-state index contributed by atoms with van der Waals surface area (Å²) in [6, 6.07) is 9.07. The highest BCUT2D eigenvalue weighted by molar-refractivity contribution is 6.42. The van der Waals surface area contributed by atoms with Crippen LogP contribution in [0, 0.1) is 0 Å². The third kappa shape index (κ3) is 3.92. The number of amides is 1. The number of hydrogen-bond acceptors (Lipinski definition) is 4. The fraction of sp³-hybridized carbons (Fsp3) is 0.353. The minimum Gasteiger partial charge on any atom is -0.455 e. The van der Waals surface area contributed by atoms with Crippen molar-refractivity contribution in [1.29, 1.82) is 0 Å². The Labute approximate surface area is 150 Å². The fourth-order valence-electron chi connectivity index (χ4n) is 2.69. The lowest BCUT2D eigenvalue weighted by Gasteiger charge is -2.32. The SMILES string of the molecule is CNC(=O)c1ccc(CN2CCOC(c3ccc(Cl)c(Cl)c3)C2)o1. The second kappa shape index (κ2) is 7.57. The number of hydrogen-bond donors (Lipinski definition) is 1. The predicted octanol–water partition coefficient (Wildman–Crippen LogP) is 3.52. The highest BCUT2D eigenvalue weighted by Crippen LogP contribution is 2.29. The quantitative estimate of drug-likeness (QED) is 0.896. The van der Waals surface area contributed by atoms with E-state index < -0.39 is 0 Å². The Balaban J connectivity index is 1.66. The number of benzene rings is 1. The van der Waals surface area contributed by atoms with Crippen molar-refractivity contribution in [3.05, 3.63) is 57.5 Å². The van der Waals surface area contributed by atoms with E-state index in [0.717, 1.165) is 17.9 Å². The van der Waals surface area contributed by atoms with Gasteiger partial charge in [-0.05, 0) is 29.8 Å². The second-order valence-electron chi connectivity index (χ2n) is 5.61. The van der Waals surface area contributed by atoms with E-state index in [0.29, 0.717) is 35.5 Å². The zero-order valence-electron chi connectivity index (χ0n) is 13.2. The van der Waals surface area contributed by atoms with Crippen molar-refractivity contribution < 1.29 is 13.9 Å². The normalized spacial score (nSPS) is 18.5. The number of nitrogens with zero attached hydrogens (tertiary/aromatic N) is 1. The molecule has 0 aliphatic carbocycles. The van der Waals surface area contributed by atoms with Gasteiger partial charge in [0.15, 0.2) is 5.76 Å². The number of rotatable bonds is 4. The van der Waals surface area contributed by atoms with Gasteiger partial charge in [0.1, 0.15) is 5.76 Å². The minimum atomic E-state index is -0.225. The first-order valence-electron chi connectivity index (χ1n) is 7.66. The Bertz CT molecular complexity index is 732. The molecule has 1 aliphatic rings. The van der Waals surface area contributed by atoms with Gasteiger partial charge in [0.2, 0.25) is 0 Å². The maximum atomic E-state index is 11.6. The molecular weight excluding hydrogens is 351 g/mol. The molecule has 128 valence electrons. The van der Waals surface area contributed by atoms with Gasteiger partial charge in [-0.1, -0.05) is 29.3 Å². The Morgan fingerprint density at radius 3 is 2.88 bits per heavy atom. The molecule has 1 atom stereocenters.